The van der Waals surface area contributed by atoms with Crippen LogP contribution in [0.5, 0.6) is 0 Å². The maximum absolute atomic E-state index is 2.76. The Kier molecular flexibility index (Phi) is 6.03. The van der Waals surface area contributed by atoms with Crippen molar-refractivity contribution in [1.29, 1.82) is 0 Å². The molecule has 2 heterocycles. The van der Waals surface area contributed by atoms with E-state index in [-0.39, 0.29) is 0 Å². The van der Waals surface area contributed by atoms with Crippen molar-refractivity contribution in [3.05, 3.63) is 54.1 Å². The van der Waals surface area contributed by atoms with E-state index in [1.165, 1.54) is 74.2 Å². The summed E-state index contributed by atoms with van der Waals surface area (Å²) in [6.07, 6.45) is 5.24. The predicted octanol–water partition coefficient (Wildman–Crippen LogP) is 4.66. The second-order valence-electron chi connectivity index (χ2n) is 8.81. The molecule has 28 heavy (non-hydrogen) atoms. The summed E-state index contributed by atoms with van der Waals surface area (Å²) in [5.41, 5.74) is 5.41. The van der Waals surface area contributed by atoms with Crippen LogP contribution in [0.15, 0.2) is 48.5 Å². The molecule has 2 saturated heterocycles. The average Bonchev–Trinajstić information content (AvgIpc) is 2.74. The number of hydrogen-bond donors (Lipinski definition) is 0. The van der Waals surface area contributed by atoms with Crippen molar-refractivity contribution in [2.75, 3.05) is 45.2 Å². The quantitative estimate of drug-likeness (QED) is 0.767. The Morgan fingerprint density at radius 1 is 0.821 bits per heavy atom. The fourth-order valence-electron chi connectivity index (χ4n) is 5.02. The second kappa shape index (κ2) is 8.67. The molecule has 2 aliphatic heterocycles. The number of rotatable bonds is 4. The van der Waals surface area contributed by atoms with Crippen LogP contribution in [0.4, 0.5) is 5.69 Å². The van der Waals surface area contributed by atoms with Crippen LogP contribution in [0.1, 0.15) is 31.2 Å². The molecule has 2 aromatic carbocycles. The van der Waals surface area contributed by atoms with Gasteiger partial charge in [0.15, 0.2) is 0 Å². The molecule has 0 aliphatic carbocycles. The summed E-state index contributed by atoms with van der Waals surface area (Å²) in [6.45, 7) is 7.10. The SMILES string of the molecule is Cc1ccccc1-c1cccc(N2CCC(N3CCC(N(C)C)CC3)CC2)c1. The third-order valence-corrected chi connectivity index (χ3v) is 6.88. The van der Waals surface area contributed by atoms with Crippen LogP contribution in [-0.4, -0.2) is 62.2 Å². The molecule has 2 aromatic rings. The molecule has 0 atom stereocenters. The molecule has 150 valence electrons. The Morgan fingerprint density at radius 2 is 1.54 bits per heavy atom. The van der Waals surface area contributed by atoms with Crippen LogP contribution in [0.2, 0.25) is 0 Å². The molecule has 0 radical (unpaired) electrons. The lowest BCUT2D eigenvalue weighted by atomic mass is 9.96. The molecular weight excluding hydrogens is 342 g/mol. The van der Waals surface area contributed by atoms with E-state index in [1.54, 1.807) is 0 Å². The summed E-state index contributed by atoms with van der Waals surface area (Å²) in [5, 5.41) is 0. The number of likely N-dealkylation sites (tertiary alicyclic amines) is 1. The Balaban J connectivity index is 1.37. The van der Waals surface area contributed by atoms with Gasteiger partial charge < -0.3 is 14.7 Å². The van der Waals surface area contributed by atoms with Gasteiger partial charge in [0, 0.05) is 30.9 Å². The first-order chi connectivity index (χ1) is 13.6. The van der Waals surface area contributed by atoms with Crippen LogP contribution in [-0.2, 0) is 0 Å². The van der Waals surface area contributed by atoms with Crippen LogP contribution in [0, 0.1) is 6.92 Å². The van der Waals surface area contributed by atoms with Crippen molar-refractivity contribution >= 4 is 5.69 Å². The van der Waals surface area contributed by atoms with E-state index in [1.807, 2.05) is 0 Å². The largest absolute Gasteiger partial charge is 0.371 e. The Labute approximate surface area is 171 Å². The average molecular weight is 378 g/mol. The standard InChI is InChI=1S/C25H35N3/c1-20-7-4-5-10-25(20)21-8-6-9-24(19-21)28-17-13-23(14-18-28)27-15-11-22(12-16-27)26(2)3/h4-10,19,22-23H,11-18H2,1-3H3. The van der Waals surface area contributed by atoms with Crippen molar-refractivity contribution in [2.24, 2.45) is 0 Å². The highest BCUT2D eigenvalue weighted by atomic mass is 15.2. The van der Waals surface area contributed by atoms with Gasteiger partial charge in [-0.3, -0.25) is 0 Å². The molecule has 0 bridgehead atoms. The number of nitrogens with zero attached hydrogens (tertiary/aromatic N) is 3. The number of anilines is 1. The first kappa shape index (κ1) is 19.5. The Bertz CT molecular complexity index is 769. The fourth-order valence-corrected chi connectivity index (χ4v) is 5.02. The molecule has 0 saturated carbocycles. The molecule has 0 aromatic heterocycles. The molecule has 0 unspecified atom stereocenters. The monoisotopic (exact) mass is 377 g/mol. The lowest BCUT2D eigenvalue weighted by Crippen LogP contribution is -2.50. The zero-order valence-corrected chi connectivity index (χ0v) is 17.8. The molecular formula is C25H35N3. The van der Waals surface area contributed by atoms with Crippen molar-refractivity contribution < 1.29 is 0 Å². The van der Waals surface area contributed by atoms with E-state index in [0.29, 0.717) is 0 Å². The van der Waals surface area contributed by atoms with Gasteiger partial charge in [0.05, 0.1) is 0 Å². The maximum Gasteiger partial charge on any atom is 0.0372 e. The van der Waals surface area contributed by atoms with Gasteiger partial charge in [0.25, 0.3) is 0 Å². The smallest absolute Gasteiger partial charge is 0.0372 e. The van der Waals surface area contributed by atoms with Gasteiger partial charge in [0.2, 0.25) is 0 Å². The van der Waals surface area contributed by atoms with Gasteiger partial charge in [-0.1, -0.05) is 36.4 Å². The molecule has 2 aliphatic rings. The van der Waals surface area contributed by atoms with Crippen LogP contribution >= 0.6 is 0 Å². The third-order valence-electron chi connectivity index (χ3n) is 6.88. The van der Waals surface area contributed by atoms with E-state index >= 15 is 0 Å². The summed E-state index contributed by atoms with van der Waals surface area (Å²) < 4.78 is 0. The molecule has 3 nitrogen and oxygen atoms in total. The lowest BCUT2D eigenvalue weighted by molar-refractivity contribution is 0.0961. The molecule has 4 rings (SSSR count). The molecule has 3 heteroatoms. The summed E-state index contributed by atoms with van der Waals surface area (Å²) >= 11 is 0. The predicted molar refractivity (Wildman–Crippen MR) is 120 cm³/mol. The van der Waals surface area contributed by atoms with Crippen LogP contribution in [0.3, 0.4) is 0 Å². The van der Waals surface area contributed by atoms with Gasteiger partial charge in [0.1, 0.15) is 0 Å². The molecule has 2 fully saturated rings. The van der Waals surface area contributed by atoms with Crippen LogP contribution < -0.4 is 4.90 Å². The lowest BCUT2D eigenvalue weighted by Gasteiger charge is -2.43. The third kappa shape index (κ3) is 4.26. The summed E-state index contributed by atoms with van der Waals surface area (Å²) in [6, 6.07) is 19.4. The van der Waals surface area contributed by atoms with Crippen molar-refractivity contribution in [3.8, 4) is 11.1 Å². The van der Waals surface area contributed by atoms with E-state index in [0.717, 1.165) is 12.1 Å². The van der Waals surface area contributed by atoms with Gasteiger partial charge >= 0.3 is 0 Å². The summed E-state index contributed by atoms with van der Waals surface area (Å²) in [7, 11) is 4.45. The van der Waals surface area contributed by atoms with Gasteiger partial charge in [-0.05, 0) is 88.6 Å². The molecule has 0 spiro atoms. The van der Waals surface area contributed by atoms with Crippen molar-refractivity contribution in [1.82, 2.24) is 9.80 Å². The number of piperidine rings is 2. The zero-order chi connectivity index (χ0) is 19.5. The van der Waals surface area contributed by atoms with Crippen molar-refractivity contribution in [3.63, 3.8) is 0 Å². The van der Waals surface area contributed by atoms with Gasteiger partial charge in [-0.15, -0.1) is 0 Å². The molecule has 0 amide bonds. The highest BCUT2D eigenvalue weighted by Crippen LogP contribution is 2.30. The maximum atomic E-state index is 2.76. The summed E-state index contributed by atoms with van der Waals surface area (Å²) in [5.74, 6) is 0. The Hall–Kier alpha value is -1.84. The van der Waals surface area contributed by atoms with Gasteiger partial charge in [-0.25, -0.2) is 0 Å². The van der Waals surface area contributed by atoms with Crippen LogP contribution in [0.25, 0.3) is 11.1 Å². The fraction of sp³-hybridized carbons (Fsp3) is 0.520. The van der Waals surface area contributed by atoms with Crippen molar-refractivity contribution in [2.45, 2.75) is 44.7 Å². The normalized spacial score (nSPS) is 20.1. The first-order valence-electron chi connectivity index (χ1n) is 10.9. The zero-order valence-electron chi connectivity index (χ0n) is 17.8. The minimum Gasteiger partial charge on any atom is -0.371 e. The topological polar surface area (TPSA) is 9.72 Å². The number of aryl methyl sites for hydroxylation is 1. The minimum atomic E-state index is 0.777. The minimum absolute atomic E-state index is 0.777. The second-order valence-corrected chi connectivity index (χ2v) is 8.81. The summed E-state index contributed by atoms with van der Waals surface area (Å²) in [4.78, 5) is 7.76. The van der Waals surface area contributed by atoms with E-state index in [2.05, 4.69) is 84.2 Å². The Morgan fingerprint density at radius 3 is 2.21 bits per heavy atom. The van der Waals surface area contributed by atoms with Gasteiger partial charge in [-0.2, -0.15) is 0 Å². The van der Waals surface area contributed by atoms with E-state index in [4.69, 9.17) is 0 Å². The molecule has 0 N–H and O–H groups in total. The van der Waals surface area contributed by atoms with E-state index in [9.17, 15) is 0 Å². The highest BCUT2D eigenvalue weighted by Gasteiger charge is 2.28. The number of hydrogen-bond acceptors (Lipinski definition) is 3. The first-order valence-corrected chi connectivity index (χ1v) is 10.9. The highest BCUT2D eigenvalue weighted by molar-refractivity contribution is 5.71. The van der Waals surface area contributed by atoms with E-state index < -0.39 is 0 Å². The number of benzene rings is 2.